The number of hydrogen-bond donors (Lipinski definition) is 6. The number of carboxylic acids is 2. The largest absolute Gasteiger partial charge is 0.481 e. The van der Waals surface area contributed by atoms with Gasteiger partial charge in [-0.05, 0) is 37.2 Å². The van der Waals surface area contributed by atoms with E-state index in [1.54, 1.807) is 12.1 Å². The van der Waals surface area contributed by atoms with Crippen molar-refractivity contribution < 1.29 is 95.8 Å². The number of nitrogens with two attached hydrogens (primary N) is 1. The summed E-state index contributed by atoms with van der Waals surface area (Å²) in [5.74, 6) is -4.64. The zero-order valence-electron chi connectivity index (χ0n) is 52.0. The van der Waals surface area contributed by atoms with Crippen molar-refractivity contribution in [3.05, 3.63) is 35.9 Å². The number of carboxylic acid groups (broad SMARTS) is 2. The summed E-state index contributed by atoms with van der Waals surface area (Å²) in [5.41, 5.74) is 6.03. The fourth-order valence-electron chi connectivity index (χ4n) is 8.78. The molecule has 0 heterocycles. The minimum Gasteiger partial charge on any atom is -0.481 e. The molecule has 0 saturated heterocycles. The lowest BCUT2D eigenvalue weighted by atomic mass is 9.82. The van der Waals surface area contributed by atoms with E-state index >= 15 is 0 Å². The van der Waals surface area contributed by atoms with Crippen LogP contribution in [0.2, 0.25) is 0 Å². The van der Waals surface area contributed by atoms with Gasteiger partial charge < -0.3 is 88.7 Å². The molecule has 7 N–H and O–H groups in total. The van der Waals surface area contributed by atoms with Crippen LogP contribution in [0.5, 0.6) is 0 Å². The van der Waals surface area contributed by atoms with Crippen molar-refractivity contribution in [1.82, 2.24) is 16.0 Å². The van der Waals surface area contributed by atoms with Crippen LogP contribution in [0.4, 0.5) is 4.79 Å². The molecule has 24 nitrogen and oxygen atoms in total. The van der Waals surface area contributed by atoms with E-state index in [0.29, 0.717) is 139 Å². The summed E-state index contributed by atoms with van der Waals surface area (Å²) in [5, 5.41) is 27.0. The maximum absolute atomic E-state index is 13.2. The topological polar surface area (TPSA) is 316 Å². The van der Waals surface area contributed by atoms with Gasteiger partial charge in [0.2, 0.25) is 17.7 Å². The van der Waals surface area contributed by atoms with Gasteiger partial charge in [-0.2, -0.15) is 0 Å². The average molecular weight is 1230 g/mol. The second kappa shape index (κ2) is 60.7. The molecule has 2 unspecified atom stereocenters. The lowest BCUT2D eigenvalue weighted by Gasteiger charge is -2.24. The fourth-order valence-corrected chi connectivity index (χ4v) is 8.78. The van der Waals surface area contributed by atoms with Crippen LogP contribution in [-0.2, 0) is 87.4 Å². The molecular formula is C62H110N4O20. The Balaban J connectivity index is 1.93. The molecule has 0 radical (unpaired) electrons. The predicted octanol–water partition coefficient (Wildman–Crippen LogP) is 6.80. The lowest BCUT2D eigenvalue weighted by Crippen LogP contribution is -2.48. The highest BCUT2D eigenvalue weighted by Gasteiger charge is 2.34. The number of benzene rings is 1. The molecule has 0 fully saturated rings. The molecule has 4 amide bonds. The highest BCUT2D eigenvalue weighted by atomic mass is 16.6. The van der Waals surface area contributed by atoms with Crippen LogP contribution in [0.25, 0.3) is 0 Å². The number of rotatable bonds is 66. The predicted molar refractivity (Wildman–Crippen MR) is 323 cm³/mol. The first-order valence-corrected chi connectivity index (χ1v) is 31.7. The van der Waals surface area contributed by atoms with Gasteiger partial charge in [-0.25, -0.2) is 4.79 Å². The standard InChI is InChI=1S/C62H110N4O20/c1-2-3-4-5-6-9-12-18-23-54(24-19-13-10-7-8-11-14-20-25-57(68)69)58(61(72)73)60(71)65-29-31-76-33-35-78-37-39-80-41-43-82-45-47-84-49-51-85-50-48-83-46-44-81-42-40-79-38-36-77-34-32-75-30-28-64-59(70)55(26-27-56(63)67)66-62(74)86-52-53-21-16-15-17-22-53/h15-17,21-22,54-55,58H,2-14,18-20,23-52H2,1H3,(H2,63,67)(H,64,70)(H,65,71)(H,66,74)(H,68,69)(H,72,73)/t54?,55-,58?/m0/s1. The molecule has 0 aliphatic heterocycles. The summed E-state index contributed by atoms with van der Waals surface area (Å²) < 4.78 is 66.1. The van der Waals surface area contributed by atoms with Crippen LogP contribution in [0.3, 0.4) is 0 Å². The number of carbonyl (C=O) groups excluding carboxylic acids is 4. The van der Waals surface area contributed by atoms with Crippen molar-refractivity contribution in [3.63, 3.8) is 0 Å². The van der Waals surface area contributed by atoms with Crippen molar-refractivity contribution in [2.75, 3.05) is 158 Å². The molecule has 3 atom stereocenters. The third-order valence-electron chi connectivity index (χ3n) is 13.5. The van der Waals surface area contributed by atoms with Crippen LogP contribution in [-0.4, -0.2) is 210 Å². The van der Waals surface area contributed by atoms with E-state index in [0.717, 1.165) is 82.6 Å². The molecule has 0 aromatic heterocycles. The molecule has 86 heavy (non-hydrogen) atoms. The lowest BCUT2D eigenvalue weighted by molar-refractivity contribution is -0.150. The van der Waals surface area contributed by atoms with Gasteiger partial charge >= 0.3 is 18.0 Å². The van der Waals surface area contributed by atoms with Crippen molar-refractivity contribution >= 4 is 35.8 Å². The summed E-state index contributed by atoms with van der Waals surface area (Å²) in [6.07, 6.45) is 17.9. The van der Waals surface area contributed by atoms with Gasteiger partial charge in [0.15, 0.2) is 0 Å². The average Bonchev–Trinajstić information content (AvgIpc) is 3.68. The summed E-state index contributed by atoms with van der Waals surface area (Å²) >= 11 is 0. The third kappa shape index (κ3) is 52.5. The molecular weight excluding hydrogens is 1120 g/mol. The Morgan fingerprint density at radius 3 is 1.14 bits per heavy atom. The number of unbranched alkanes of at least 4 members (excludes halogenated alkanes) is 14. The van der Waals surface area contributed by atoms with Gasteiger partial charge in [0.25, 0.3) is 0 Å². The first-order valence-electron chi connectivity index (χ1n) is 31.7. The first-order chi connectivity index (χ1) is 42.0. The van der Waals surface area contributed by atoms with Gasteiger partial charge in [0, 0.05) is 25.9 Å². The van der Waals surface area contributed by atoms with Gasteiger partial charge in [0.05, 0.1) is 145 Å². The summed E-state index contributed by atoms with van der Waals surface area (Å²) in [4.78, 5) is 72.6. The van der Waals surface area contributed by atoms with Crippen LogP contribution in [0.1, 0.15) is 147 Å². The van der Waals surface area contributed by atoms with Crippen molar-refractivity contribution in [2.24, 2.45) is 17.6 Å². The van der Waals surface area contributed by atoms with E-state index in [4.69, 9.17) is 67.7 Å². The second-order valence-corrected chi connectivity index (χ2v) is 20.7. The smallest absolute Gasteiger partial charge is 0.408 e. The number of amides is 4. The molecule has 1 aromatic carbocycles. The maximum atomic E-state index is 13.2. The molecule has 1 rings (SSSR count). The Kier molecular flexibility index (Phi) is 56.0. The minimum atomic E-state index is -1.09. The molecule has 24 heteroatoms. The Morgan fingerprint density at radius 1 is 0.430 bits per heavy atom. The quantitative estimate of drug-likeness (QED) is 0.0289. The van der Waals surface area contributed by atoms with Crippen LogP contribution >= 0.6 is 0 Å². The van der Waals surface area contributed by atoms with E-state index in [1.165, 1.54) is 32.1 Å². The normalized spacial score (nSPS) is 12.4. The highest BCUT2D eigenvalue weighted by molar-refractivity contribution is 5.97. The number of primary amides is 1. The third-order valence-corrected chi connectivity index (χ3v) is 13.5. The second-order valence-electron chi connectivity index (χ2n) is 20.7. The van der Waals surface area contributed by atoms with E-state index < -0.39 is 47.7 Å². The number of nitrogens with one attached hydrogen (secondary N) is 3. The summed E-state index contributed by atoms with van der Waals surface area (Å²) in [7, 11) is 0. The zero-order valence-corrected chi connectivity index (χ0v) is 52.0. The van der Waals surface area contributed by atoms with Crippen LogP contribution in [0, 0.1) is 11.8 Å². The number of aliphatic carboxylic acids is 2. The van der Waals surface area contributed by atoms with Crippen LogP contribution in [0.15, 0.2) is 30.3 Å². The summed E-state index contributed by atoms with van der Waals surface area (Å²) in [6, 6.07) is 8.10. The monoisotopic (exact) mass is 1230 g/mol. The van der Waals surface area contributed by atoms with Crippen LogP contribution < -0.4 is 21.7 Å². The van der Waals surface area contributed by atoms with E-state index in [-0.39, 0.29) is 58.1 Å². The fraction of sp³-hybridized carbons (Fsp3) is 0.806. The maximum Gasteiger partial charge on any atom is 0.408 e. The van der Waals surface area contributed by atoms with Crippen molar-refractivity contribution in [2.45, 2.75) is 154 Å². The van der Waals surface area contributed by atoms with E-state index in [2.05, 4.69) is 22.9 Å². The number of ether oxygens (including phenoxy) is 12. The number of hydrogen-bond acceptors (Lipinski definition) is 18. The Morgan fingerprint density at radius 2 is 0.779 bits per heavy atom. The minimum absolute atomic E-state index is 0.0269. The van der Waals surface area contributed by atoms with Gasteiger partial charge in [0.1, 0.15) is 18.6 Å². The Hall–Kier alpha value is -4.60. The summed E-state index contributed by atoms with van der Waals surface area (Å²) in [6.45, 7) is 11.2. The van der Waals surface area contributed by atoms with Gasteiger partial charge in [-0.15, -0.1) is 0 Å². The molecule has 0 aliphatic carbocycles. The Labute approximate surface area is 512 Å². The van der Waals surface area contributed by atoms with Gasteiger partial charge in [-0.3, -0.25) is 24.0 Å². The molecule has 0 bridgehead atoms. The van der Waals surface area contributed by atoms with Crippen molar-refractivity contribution in [3.8, 4) is 0 Å². The number of carbonyl (C=O) groups is 6. The zero-order chi connectivity index (χ0) is 62.4. The first kappa shape index (κ1) is 79.4. The SMILES string of the molecule is CCCCCCCCCCC(CCCCCCCCCCC(=O)O)C(C(=O)O)C(=O)NCCOCCOCCOCCOCCOCCOCCOCCOCCOCCOCCOCCNC(=O)[C@H](CCC(N)=O)NC(=O)OCc1ccccc1. The molecule has 498 valence electrons. The van der Waals surface area contributed by atoms with E-state index in [1.807, 2.05) is 18.2 Å². The Bertz CT molecular complexity index is 1770. The van der Waals surface area contributed by atoms with Crippen molar-refractivity contribution in [1.29, 1.82) is 0 Å². The molecule has 0 saturated carbocycles. The van der Waals surface area contributed by atoms with E-state index in [9.17, 15) is 33.9 Å². The molecule has 0 spiro atoms. The highest BCUT2D eigenvalue weighted by Crippen LogP contribution is 2.27. The molecule has 0 aliphatic rings. The molecule has 1 aromatic rings. The number of alkyl carbamates (subject to hydrolysis) is 1. The van der Waals surface area contributed by atoms with Gasteiger partial charge in [-0.1, -0.05) is 134 Å².